The number of Topliss-reactive ketones (excluding diaryl/α,β-unsaturated/α-hetero) is 1. The minimum atomic E-state index is -1.12. The Morgan fingerprint density at radius 2 is 1.91 bits per heavy atom. The molecule has 1 N–H and O–H groups in total. The number of hydrogen-bond donors (Lipinski definition) is 1. The molecule has 1 aliphatic heterocycles. The van der Waals surface area contributed by atoms with Gasteiger partial charge in [-0.1, -0.05) is 30.9 Å². The standard InChI is InChI=1S/C25H19N3O6/c1-2-14-34-19-11-9-16(10-12-19)23(29)21-22(17-6-5-7-18(15-17)28(32)33)27(25(31)24(21)30)20-8-3-4-13-26-20/h2-13,15,22,29H,1,14H2/b23-21-. The molecule has 1 aromatic heterocycles. The Hall–Kier alpha value is -4.79. The van der Waals surface area contributed by atoms with Crippen molar-refractivity contribution < 1.29 is 24.4 Å². The third-order valence-corrected chi connectivity index (χ3v) is 5.23. The molecule has 1 aliphatic rings. The molecule has 9 heteroatoms. The van der Waals surface area contributed by atoms with Crippen molar-refractivity contribution in [1.82, 2.24) is 4.98 Å². The number of aliphatic hydroxyl groups excluding tert-OH is 1. The van der Waals surface area contributed by atoms with Crippen LogP contribution in [0.4, 0.5) is 11.5 Å². The van der Waals surface area contributed by atoms with E-state index in [1.807, 2.05) is 0 Å². The van der Waals surface area contributed by atoms with Gasteiger partial charge in [-0.15, -0.1) is 0 Å². The van der Waals surface area contributed by atoms with Gasteiger partial charge in [0.25, 0.3) is 11.5 Å². The molecule has 1 saturated heterocycles. The van der Waals surface area contributed by atoms with Gasteiger partial charge in [0.05, 0.1) is 16.5 Å². The number of nitrogens with zero attached hydrogens (tertiary/aromatic N) is 3. The molecule has 34 heavy (non-hydrogen) atoms. The van der Waals surface area contributed by atoms with Crippen LogP contribution in [0.2, 0.25) is 0 Å². The van der Waals surface area contributed by atoms with Crippen molar-refractivity contribution in [2.75, 3.05) is 11.5 Å². The molecule has 3 aromatic rings. The van der Waals surface area contributed by atoms with Crippen LogP contribution in [0.15, 0.2) is 91.2 Å². The topological polar surface area (TPSA) is 123 Å². The van der Waals surface area contributed by atoms with Crippen LogP contribution in [0.25, 0.3) is 5.76 Å². The minimum absolute atomic E-state index is 0.174. The quantitative estimate of drug-likeness (QED) is 0.141. The van der Waals surface area contributed by atoms with E-state index in [9.17, 15) is 24.8 Å². The normalized spacial score (nSPS) is 16.9. The molecular formula is C25H19N3O6. The van der Waals surface area contributed by atoms with Crippen LogP contribution in [0.5, 0.6) is 5.75 Å². The smallest absolute Gasteiger partial charge is 0.301 e. The fraction of sp³-hybridized carbons (Fsp3) is 0.0800. The fourth-order valence-corrected chi connectivity index (χ4v) is 3.71. The van der Waals surface area contributed by atoms with Gasteiger partial charge in [-0.3, -0.25) is 24.6 Å². The number of carbonyl (C=O) groups excluding carboxylic acids is 2. The molecule has 0 aliphatic carbocycles. The highest BCUT2D eigenvalue weighted by Crippen LogP contribution is 2.42. The molecule has 2 aromatic carbocycles. The summed E-state index contributed by atoms with van der Waals surface area (Å²) in [6.45, 7) is 3.88. The van der Waals surface area contributed by atoms with Gasteiger partial charge in [0.15, 0.2) is 0 Å². The molecule has 2 heterocycles. The number of non-ortho nitro benzene ring substituents is 1. The van der Waals surface area contributed by atoms with E-state index in [1.165, 1.54) is 24.4 Å². The summed E-state index contributed by atoms with van der Waals surface area (Å²) < 4.78 is 5.44. The van der Waals surface area contributed by atoms with E-state index in [4.69, 9.17) is 4.74 Å². The van der Waals surface area contributed by atoms with Gasteiger partial charge in [0.2, 0.25) is 0 Å². The number of aromatic nitrogens is 1. The van der Waals surface area contributed by atoms with E-state index >= 15 is 0 Å². The first-order valence-corrected chi connectivity index (χ1v) is 10.2. The molecule has 9 nitrogen and oxygen atoms in total. The molecule has 0 spiro atoms. The molecule has 170 valence electrons. The summed E-state index contributed by atoms with van der Waals surface area (Å²) in [6, 6.07) is 15.6. The number of aliphatic hydroxyl groups is 1. The first-order chi connectivity index (χ1) is 16.4. The fourth-order valence-electron chi connectivity index (χ4n) is 3.71. The van der Waals surface area contributed by atoms with Crippen molar-refractivity contribution >= 4 is 29.0 Å². The number of benzene rings is 2. The monoisotopic (exact) mass is 457 g/mol. The van der Waals surface area contributed by atoms with Crippen molar-refractivity contribution in [3.8, 4) is 5.75 Å². The number of amides is 1. The van der Waals surface area contributed by atoms with Crippen molar-refractivity contribution in [3.63, 3.8) is 0 Å². The van der Waals surface area contributed by atoms with E-state index in [0.717, 1.165) is 4.90 Å². The number of hydrogen-bond acceptors (Lipinski definition) is 7. The maximum atomic E-state index is 13.1. The van der Waals surface area contributed by atoms with Crippen LogP contribution in [-0.4, -0.2) is 33.3 Å². The molecule has 0 saturated carbocycles. The highest BCUT2D eigenvalue weighted by molar-refractivity contribution is 6.51. The molecule has 1 fully saturated rings. The predicted molar refractivity (Wildman–Crippen MR) is 124 cm³/mol. The van der Waals surface area contributed by atoms with Gasteiger partial charge in [-0.25, -0.2) is 4.98 Å². The van der Waals surface area contributed by atoms with Crippen LogP contribution in [0, 0.1) is 10.1 Å². The third-order valence-electron chi connectivity index (χ3n) is 5.23. The Labute approximate surface area is 194 Å². The highest BCUT2D eigenvalue weighted by Gasteiger charge is 2.47. The van der Waals surface area contributed by atoms with Crippen molar-refractivity contribution in [3.05, 3.63) is 112 Å². The Bertz CT molecular complexity index is 1300. The van der Waals surface area contributed by atoms with Crippen LogP contribution in [0.3, 0.4) is 0 Å². The van der Waals surface area contributed by atoms with Crippen LogP contribution in [0.1, 0.15) is 17.2 Å². The summed E-state index contributed by atoms with van der Waals surface area (Å²) in [6.07, 6.45) is 3.05. The number of carbonyl (C=O) groups is 2. The Morgan fingerprint density at radius 1 is 1.15 bits per heavy atom. The molecule has 1 atom stereocenters. The molecule has 1 amide bonds. The van der Waals surface area contributed by atoms with Crippen LogP contribution >= 0.6 is 0 Å². The number of ketones is 1. The number of nitro benzene ring substituents is 1. The first kappa shape index (κ1) is 22.4. The summed E-state index contributed by atoms with van der Waals surface area (Å²) in [5, 5.41) is 22.5. The lowest BCUT2D eigenvalue weighted by Gasteiger charge is -2.24. The second kappa shape index (κ2) is 9.37. The zero-order valence-corrected chi connectivity index (χ0v) is 17.8. The number of pyridine rings is 1. The zero-order chi connectivity index (χ0) is 24.2. The molecule has 0 radical (unpaired) electrons. The summed E-state index contributed by atoms with van der Waals surface area (Å²) in [4.78, 5) is 42.3. The molecule has 1 unspecified atom stereocenters. The van der Waals surface area contributed by atoms with Crippen LogP contribution in [-0.2, 0) is 9.59 Å². The van der Waals surface area contributed by atoms with E-state index in [0.29, 0.717) is 12.4 Å². The average molecular weight is 457 g/mol. The SMILES string of the molecule is C=CCOc1ccc(/C(O)=C2/C(=O)C(=O)N(c3ccccn3)C2c2cccc([N+](=O)[O-])c2)cc1. The van der Waals surface area contributed by atoms with Gasteiger partial charge in [0.1, 0.15) is 23.9 Å². The summed E-state index contributed by atoms with van der Waals surface area (Å²) in [5.74, 6) is -1.54. The molecule has 4 rings (SSSR count). The largest absolute Gasteiger partial charge is 0.507 e. The number of ether oxygens (including phenoxy) is 1. The van der Waals surface area contributed by atoms with Gasteiger partial charge >= 0.3 is 5.91 Å². The number of anilines is 1. The maximum Gasteiger partial charge on any atom is 0.301 e. The number of nitro groups is 1. The van der Waals surface area contributed by atoms with Gasteiger partial charge < -0.3 is 9.84 Å². The van der Waals surface area contributed by atoms with Crippen molar-refractivity contribution in [2.24, 2.45) is 0 Å². The highest BCUT2D eigenvalue weighted by atomic mass is 16.6. The molecule has 0 bridgehead atoms. The number of rotatable bonds is 7. The maximum absolute atomic E-state index is 13.1. The van der Waals surface area contributed by atoms with E-state index in [1.54, 1.807) is 54.6 Å². The zero-order valence-electron chi connectivity index (χ0n) is 17.8. The summed E-state index contributed by atoms with van der Waals surface area (Å²) >= 11 is 0. The van der Waals surface area contributed by atoms with E-state index in [-0.39, 0.29) is 28.2 Å². The minimum Gasteiger partial charge on any atom is -0.507 e. The van der Waals surface area contributed by atoms with Gasteiger partial charge in [-0.2, -0.15) is 0 Å². The summed E-state index contributed by atoms with van der Waals surface area (Å²) in [7, 11) is 0. The van der Waals surface area contributed by atoms with E-state index < -0.39 is 28.4 Å². The Morgan fingerprint density at radius 3 is 2.56 bits per heavy atom. The lowest BCUT2D eigenvalue weighted by atomic mass is 9.95. The van der Waals surface area contributed by atoms with Gasteiger partial charge in [0, 0.05) is 23.9 Å². The molecular weight excluding hydrogens is 438 g/mol. The predicted octanol–water partition coefficient (Wildman–Crippen LogP) is 4.18. The lowest BCUT2D eigenvalue weighted by Crippen LogP contribution is -2.30. The average Bonchev–Trinajstić information content (AvgIpc) is 3.13. The van der Waals surface area contributed by atoms with Crippen molar-refractivity contribution in [2.45, 2.75) is 6.04 Å². The van der Waals surface area contributed by atoms with Gasteiger partial charge in [-0.05, 0) is 42.0 Å². The first-order valence-electron chi connectivity index (χ1n) is 10.2. The Kier molecular flexibility index (Phi) is 6.18. The second-order valence-corrected chi connectivity index (χ2v) is 7.33. The second-order valence-electron chi connectivity index (χ2n) is 7.33. The van der Waals surface area contributed by atoms with E-state index in [2.05, 4.69) is 11.6 Å². The summed E-state index contributed by atoms with van der Waals surface area (Å²) in [5.41, 5.74) is 0.149. The van der Waals surface area contributed by atoms with Crippen molar-refractivity contribution in [1.29, 1.82) is 0 Å². The lowest BCUT2D eigenvalue weighted by molar-refractivity contribution is -0.384. The Balaban J connectivity index is 1.88. The third kappa shape index (κ3) is 4.14. The van der Waals surface area contributed by atoms with Crippen LogP contribution < -0.4 is 9.64 Å².